The zero-order valence-electron chi connectivity index (χ0n) is 9.65. The van der Waals surface area contributed by atoms with Crippen molar-refractivity contribution < 1.29 is 0 Å². The van der Waals surface area contributed by atoms with Gasteiger partial charge in [-0.2, -0.15) is 0 Å². The van der Waals surface area contributed by atoms with Crippen LogP contribution in [0.3, 0.4) is 0 Å². The number of piperidine rings is 1. The van der Waals surface area contributed by atoms with Crippen molar-refractivity contribution in [3.8, 4) is 0 Å². The van der Waals surface area contributed by atoms with Gasteiger partial charge < -0.3 is 5.32 Å². The first-order chi connectivity index (χ1) is 7.90. The Labute approximate surface area is 108 Å². The number of rotatable bonds is 1. The van der Waals surface area contributed by atoms with Crippen LogP contribution >= 0.6 is 12.4 Å². The topological polar surface area (TPSA) is 12.0 Å². The molecule has 2 heteroatoms. The van der Waals surface area contributed by atoms with Crippen molar-refractivity contribution in [2.75, 3.05) is 13.1 Å². The van der Waals surface area contributed by atoms with Crippen LogP contribution in [0.5, 0.6) is 0 Å². The Balaban J connectivity index is 0.000000902. The molecule has 1 aliphatic carbocycles. The maximum absolute atomic E-state index is 3.53. The number of hydrogen-bond acceptors (Lipinski definition) is 1. The van der Waals surface area contributed by atoms with Crippen molar-refractivity contribution in [2.24, 2.45) is 5.92 Å². The number of fused-ring (bicyclic) bond motifs is 2. The quantitative estimate of drug-likeness (QED) is 0.814. The molecule has 2 atom stereocenters. The average Bonchev–Trinajstić information content (AvgIpc) is 2.91. The van der Waals surface area contributed by atoms with Gasteiger partial charge in [-0.15, -0.1) is 12.4 Å². The van der Waals surface area contributed by atoms with Crippen LogP contribution in [0.4, 0.5) is 0 Å². The molecule has 1 saturated carbocycles. The minimum absolute atomic E-state index is 0. The fraction of sp³-hybridized carbons (Fsp3) is 0.333. The van der Waals surface area contributed by atoms with E-state index in [9.17, 15) is 0 Å². The van der Waals surface area contributed by atoms with Gasteiger partial charge in [-0.25, -0.2) is 0 Å². The summed E-state index contributed by atoms with van der Waals surface area (Å²) in [4.78, 5) is 0. The fourth-order valence-electron chi connectivity index (χ4n) is 3.42. The van der Waals surface area contributed by atoms with E-state index in [0.717, 1.165) is 5.92 Å². The molecule has 2 aromatic carbocycles. The highest BCUT2D eigenvalue weighted by molar-refractivity contribution is 5.87. The van der Waals surface area contributed by atoms with E-state index in [0.29, 0.717) is 5.41 Å². The average molecular weight is 246 g/mol. The minimum atomic E-state index is 0. The third-order valence-corrected chi connectivity index (χ3v) is 4.39. The number of hydrogen-bond donors (Lipinski definition) is 1. The zero-order chi connectivity index (χ0) is 10.6. The van der Waals surface area contributed by atoms with Crippen molar-refractivity contribution in [1.29, 1.82) is 0 Å². The second kappa shape index (κ2) is 3.72. The Morgan fingerprint density at radius 1 is 1.06 bits per heavy atom. The Kier molecular flexibility index (Phi) is 2.42. The monoisotopic (exact) mass is 245 g/mol. The third kappa shape index (κ3) is 1.42. The Morgan fingerprint density at radius 2 is 1.88 bits per heavy atom. The van der Waals surface area contributed by atoms with Crippen molar-refractivity contribution >= 4 is 23.2 Å². The van der Waals surface area contributed by atoms with Crippen LogP contribution in [-0.4, -0.2) is 13.1 Å². The summed E-state index contributed by atoms with van der Waals surface area (Å²) < 4.78 is 0. The van der Waals surface area contributed by atoms with E-state index in [1.807, 2.05) is 0 Å². The molecule has 1 nitrogen and oxygen atoms in total. The van der Waals surface area contributed by atoms with E-state index in [-0.39, 0.29) is 12.4 Å². The molecule has 0 bridgehead atoms. The molecule has 2 unspecified atom stereocenters. The number of halogens is 1. The van der Waals surface area contributed by atoms with E-state index < -0.39 is 0 Å². The lowest BCUT2D eigenvalue weighted by Crippen LogP contribution is -2.19. The highest BCUT2D eigenvalue weighted by atomic mass is 35.5. The van der Waals surface area contributed by atoms with Crippen molar-refractivity contribution in [1.82, 2.24) is 5.32 Å². The molecular weight excluding hydrogens is 230 g/mol. The third-order valence-electron chi connectivity index (χ3n) is 4.39. The van der Waals surface area contributed by atoms with E-state index in [1.54, 1.807) is 5.56 Å². The van der Waals surface area contributed by atoms with Crippen molar-refractivity contribution in [2.45, 2.75) is 11.8 Å². The number of benzene rings is 2. The van der Waals surface area contributed by atoms with Gasteiger partial charge in [0.25, 0.3) is 0 Å². The molecule has 0 aromatic heterocycles. The first kappa shape index (κ1) is 11.1. The molecule has 0 amide bonds. The zero-order valence-corrected chi connectivity index (χ0v) is 10.5. The summed E-state index contributed by atoms with van der Waals surface area (Å²) in [5.74, 6) is 0.887. The van der Waals surface area contributed by atoms with Crippen LogP contribution in [0.1, 0.15) is 12.0 Å². The minimum Gasteiger partial charge on any atom is -0.316 e. The van der Waals surface area contributed by atoms with Crippen molar-refractivity contribution in [3.63, 3.8) is 0 Å². The summed E-state index contributed by atoms with van der Waals surface area (Å²) in [5, 5.41) is 6.36. The molecule has 2 fully saturated rings. The first-order valence-electron chi connectivity index (χ1n) is 6.09. The van der Waals surface area contributed by atoms with E-state index in [2.05, 4.69) is 47.8 Å². The Bertz CT molecular complexity index is 560. The molecule has 2 aliphatic rings. The molecule has 1 N–H and O–H groups in total. The summed E-state index contributed by atoms with van der Waals surface area (Å²) in [6.45, 7) is 2.38. The molecule has 17 heavy (non-hydrogen) atoms. The Hall–Kier alpha value is -1.05. The second-order valence-corrected chi connectivity index (χ2v) is 5.21. The van der Waals surface area contributed by atoms with Gasteiger partial charge in [-0.3, -0.25) is 0 Å². The van der Waals surface area contributed by atoms with Crippen LogP contribution in [-0.2, 0) is 5.41 Å². The smallest absolute Gasteiger partial charge is 0.0128 e. The molecule has 2 aromatic rings. The summed E-state index contributed by atoms with van der Waals surface area (Å²) in [6, 6.07) is 15.5. The lowest BCUT2D eigenvalue weighted by atomic mass is 9.90. The summed E-state index contributed by atoms with van der Waals surface area (Å²) in [6.07, 6.45) is 1.38. The van der Waals surface area contributed by atoms with Gasteiger partial charge in [0.1, 0.15) is 0 Å². The molecule has 4 rings (SSSR count). The maximum atomic E-state index is 3.53. The molecule has 1 heterocycles. The van der Waals surface area contributed by atoms with Crippen LogP contribution in [0.2, 0.25) is 0 Å². The van der Waals surface area contributed by atoms with E-state index in [4.69, 9.17) is 0 Å². The molecule has 1 aliphatic heterocycles. The van der Waals surface area contributed by atoms with Crippen LogP contribution in [0.25, 0.3) is 10.8 Å². The molecule has 88 valence electrons. The van der Waals surface area contributed by atoms with Gasteiger partial charge in [-0.1, -0.05) is 42.5 Å². The molecule has 0 radical (unpaired) electrons. The standard InChI is InChI=1S/C15H15N.ClH/c1-2-6-13-11(4-1)5-3-7-14(13)15-8-12(15)9-16-10-15;/h1-7,12,16H,8-10H2;1H. The first-order valence-corrected chi connectivity index (χ1v) is 6.09. The molecule has 1 saturated heterocycles. The van der Waals surface area contributed by atoms with Gasteiger partial charge in [0.05, 0.1) is 0 Å². The van der Waals surface area contributed by atoms with Crippen LogP contribution in [0, 0.1) is 5.92 Å². The van der Waals surface area contributed by atoms with Gasteiger partial charge in [0, 0.05) is 12.0 Å². The SMILES string of the molecule is Cl.c1ccc2c(C34CNCC3C4)cccc2c1. The molecular formula is C15H16ClN. The van der Waals surface area contributed by atoms with E-state index >= 15 is 0 Å². The van der Waals surface area contributed by atoms with Crippen molar-refractivity contribution in [3.05, 3.63) is 48.0 Å². The molecule has 0 spiro atoms. The second-order valence-electron chi connectivity index (χ2n) is 5.21. The van der Waals surface area contributed by atoms with Gasteiger partial charge >= 0.3 is 0 Å². The lowest BCUT2D eigenvalue weighted by molar-refractivity contribution is 0.680. The number of nitrogens with one attached hydrogen (secondary N) is 1. The summed E-state index contributed by atoms with van der Waals surface area (Å²) in [5.41, 5.74) is 2.04. The fourth-order valence-corrected chi connectivity index (χ4v) is 3.42. The van der Waals surface area contributed by atoms with Crippen LogP contribution < -0.4 is 5.32 Å². The predicted molar refractivity (Wildman–Crippen MR) is 73.9 cm³/mol. The van der Waals surface area contributed by atoms with Crippen LogP contribution in [0.15, 0.2) is 42.5 Å². The normalized spacial score (nSPS) is 29.8. The predicted octanol–water partition coefficient (Wildman–Crippen LogP) is 3.12. The highest BCUT2D eigenvalue weighted by Crippen LogP contribution is 2.57. The van der Waals surface area contributed by atoms with Gasteiger partial charge in [0.15, 0.2) is 0 Å². The van der Waals surface area contributed by atoms with Gasteiger partial charge in [-0.05, 0) is 35.2 Å². The largest absolute Gasteiger partial charge is 0.316 e. The van der Waals surface area contributed by atoms with Gasteiger partial charge in [0.2, 0.25) is 0 Å². The lowest BCUT2D eigenvalue weighted by Gasteiger charge is -2.15. The summed E-state index contributed by atoms with van der Waals surface area (Å²) >= 11 is 0. The highest BCUT2D eigenvalue weighted by Gasteiger charge is 2.58. The Morgan fingerprint density at radius 3 is 2.65 bits per heavy atom. The maximum Gasteiger partial charge on any atom is 0.0128 e. The summed E-state index contributed by atoms with van der Waals surface area (Å²) in [7, 11) is 0. The van der Waals surface area contributed by atoms with E-state index in [1.165, 1.54) is 30.3 Å².